The van der Waals surface area contributed by atoms with Crippen molar-refractivity contribution in [3.05, 3.63) is 28.8 Å². The molecule has 3 rings (SSSR count). The van der Waals surface area contributed by atoms with Crippen molar-refractivity contribution in [1.82, 2.24) is 0 Å². The molecule has 3 atom stereocenters. The summed E-state index contributed by atoms with van der Waals surface area (Å²) in [4.78, 5) is 1.58. The fourth-order valence-corrected chi connectivity index (χ4v) is 5.35. The van der Waals surface area contributed by atoms with Crippen molar-refractivity contribution in [2.24, 2.45) is 5.92 Å². The van der Waals surface area contributed by atoms with Crippen LogP contribution in [0.5, 0.6) is 0 Å². The molecule has 1 saturated carbocycles. The van der Waals surface area contributed by atoms with E-state index < -0.39 is 0 Å². The molecule has 1 heterocycles. The first-order valence-electron chi connectivity index (χ1n) is 6.43. The highest BCUT2D eigenvalue weighted by molar-refractivity contribution is 8.00. The minimum atomic E-state index is 0.858. The summed E-state index contributed by atoms with van der Waals surface area (Å²) in [5.74, 6) is 1.79. The van der Waals surface area contributed by atoms with Crippen LogP contribution >= 0.6 is 11.8 Å². The number of hydrogen-bond donors (Lipinski definition) is 0. The minimum absolute atomic E-state index is 0.858. The summed E-state index contributed by atoms with van der Waals surface area (Å²) >= 11 is 2.15. The van der Waals surface area contributed by atoms with Gasteiger partial charge < -0.3 is 0 Å². The SMILES string of the molecule is Cc1cc(C)c2c(c1)SC1CC(C)CCC21. The molecule has 0 radical (unpaired) electrons. The lowest BCUT2D eigenvalue weighted by Crippen LogP contribution is -2.21. The molecule has 1 aromatic carbocycles. The predicted octanol–water partition coefficient (Wildman–Crippen LogP) is 4.68. The Balaban J connectivity index is 2.02. The van der Waals surface area contributed by atoms with Gasteiger partial charge in [0.1, 0.15) is 0 Å². The molecule has 3 unspecified atom stereocenters. The van der Waals surface area contributed by atoms with Gasteiger partial charge in [0.25, 0.3) is 0 Å². The van der Waals surface area contributed by atoms with Crippen LogP contribution in [0.3, 0.4) is 0 Å². The second-order valence-electron chi connectivity index (χ2n) is 5.67. The van der Waals surface area contributed by atoms with Crippen LogP contribution in [0.15, 0.2) is 17.0 Å². The molecule has 0 nitrogen and oxygen atoms in total. The number of hydrogen-bond acceptors (Lipinski definition) is 1. The van der Waals surface area contributed by atoms with Crippen LogP contribution in [0.2, 0.25) is 0 Å². The Morgan fingerprint density at radius 3 is 2.81 bits per heavy atom. The lowest BCUT2D eigenvalue weighted by Gasteiger charge is -2.29. The molecule has 1 aliphatic heterocycles. The molecule has 2 aliphatic rings. The zero-order valence-corrected chi connectivity index (χ0v) is 11.2. The fourth-order valence-electron chi connectivity index (χ4n) is 3.46. The van der Waals surface area contributed by atoms with Gasteiger partial charge in [-0.2, -0.15) is 0 Å². The van der Waals surface area contributed by atoms with Crippen molar-refractivity contribution >= 4 is 11.8 Å². The molecule has 0 bridgehead atoms. The lowest BCUT2D eigenvalue weighted by atomic mass is 9.78. The van der Waals surface area contributed by atoms with Crippen molar-refractivity contribution in [3.8, 4) is 0 Å². The Labute approximate surface area is 103 Å². The molecular formula is C15H20S. The molecule has 0 aromatic heterocycles. The van der Waals surface area contributed by atoms with E-state index in [1.54, 1.807) is 10.5 Å². The van der Waals surface area contributed by atoms with E-state index in [4.69, 9.17) is 0 Å². The van der Waals surface area contributed by atoms with Crippen molar-refractivity contribution < 1.29 is 0 Å². The molecule has 86 valence electrons. The highest BCUT2D eigenvalue weighted by atomic mass is 32.2. The smallest absolute Gasteiger partial charge is 0.0166 e. The number of fused-ring (bicyclic) bond motifs is 3. The minimum Gasteiger partial charge on any atom is -0.122 e. The molecule has 1 fully saturated rings. The molecule has 1 heteroatoms. The molecule has 0 amide bonds. The van der Waals surface area contributed by atoms with Crippen LogP contribution in [0.4, 0.5) is 0 Å². The maximum absolute atomic E-state index is 2.41. The summed E-state index contributed by atoms with van der Waals surface area (Å²) in [5, 5.41) is 0.874. The van der Waals surface area contributed by atoms with Gasteiger partial charge in [0.15, 0.2) is 0 Å². The van der Waals surface area contributed by atoms with Gasteiger partial charge in [0.05, 0.1) is 0 Å². The van der Waals surface area contributed by atoms with Crippen molar-refractivity contribution in [2.75, 3.05) is 0 Å². The van der Waals surface area contributed by atoms with Crippen molar-refractivity contribution in [1.29, 1.82) is 0 Å². The second kappa shape index (κ2) is 3.80. The third kappa shape index (κ3) is 1.60. The second-order valence-corrected chi connectivity index (χ2v) is 6.96. The lowest BCUT2D eigenvalue weighted by molar-refractivity contribution is 0.360. The summed E-state index contributed by atoms with van der Waals surface area (Å²) in [7, 11) is 0. The highest BCUT2D eigenvalue weighted by Crippen LogP contribution is 2.54. The first kappa shape index (κ1) is 10.7. The van der Waals surface area contributed by atoms with E-state index in [0.29, 0.717) is 0 Å². The fraction of sp³-hybridized carbons (Fsp3) is 0.600. The molecular weight excluding hydrogens is 212 g/mol. The molecule has 0 saturated heterocycles. The van der Waals surface area contributed by atoms with Gasteiger partial charge in [-0.05, 0) is 61.3 Å². The van der Waals surface area contributed by atoms with Crippen LogP contribution in [0.1, 0.15) is 48.8 Å². The van der Waals surface area contributed by atoms with E-state index in [1.807, 2.05) is 0 Å². The maximum atomic E-state index is 2.41. The first-order chi connectivity index (χ1) is 7.65. The molecule has 0 spiro atoms. The third-order valence-electron chi connectivity index (χ3n) is 4.20. The Morgan fingerprint density at radius 2 is 2.00 bits per heavy atom. The standard InChI is InChI=1S/C15H20S/c1-9-4-5-12-13(7-9)16-14-8-10(2)6-11(3)15(12)14/h6,8-9,12-13H,4-5,7H2,1-3H3. The molecule has 1 aliphatic carbocycles. The Bertz CT molecular complexity index is 422. The zero-order chi connectivity index (χ0) is 11.3. The van der Waals surface area contributed by atoms with Gasteiger partial charge in [-0.15, -0.1) is 11.8 Å². The topological polar surface area (TPSA) is 0 Å². The van der Waals surface area contributed by atoms with Crippen LogP contribution < -0.4 is 0 Å². The van der Waals surface area contributed by atoms with Gasteiger partial charge in [-0.1, -0.05) is 19.4 Å². The van der Waals surface area contributed by atoms with Crippen LogP contribution in [-0.2, 0) is 0 Å². The molecule has 16 heavy (non-hydrogen) atoms. The zero-order valence-electron chi connectivity index (χ0n) is 10.4. The van der Waals surface area contributed by atoms with E-state index in [2.05, 4.69) is 44.7 Å². The van der Waals surface area contributed by atoms with E-state index in [-0.39, 0.29) is 0 Å². The maximum Gasteiger partial charge on any atom is 0.0166 e. The number of aryl methyl sites for hydroxylation is 2. The first-order valence-corrected chi connectivity index (χ1v) is 7.31. The van der Waals surface area contributed by atoms with Crippen LogP contribution in [-0.4, -0.2) is 5.25 Å². The average molecular weight is 232 g/mol. The third-order valence-corrected chi connectivity index (χ3v) is 5.61. The van der Waals surface area contributed by atoms with Gasteiger partial charge in [-0.25, -0.2) is 0 Å². The summed E-state index contributed by atoms with van der Waals surface area (Å²) in [5.41, 5.74) is 4.65. The van der Waals surface area contributed by atoms with E-state index in [9.17, 15) is 0 Å². The van der Waals surface area contributed by atoms with Gasteiger partial charge >= 0.3 is 0 Å². The normalized spacial score (nSPS) is 32.3. The van der Waals surface area contributed by atoms with Crippen LogP contribution in [0, 0.1) is 19.8 Å². The Hall–Kier alpha value is -0.430. The largest absolute Gasteiger partial charge is 0.122 e. The predicted molar refractivity (Wildman–Crippen MR) is 71.3 cm³/mol. The summed E-state index contributed by atoms with van der Waals surface area (Å²) in [6, 6.07) is 4.76. The number of benzene rings is 1. The van der Waals surface area contributed by atoms with E-state index >= 15 is 0 Å². The van der Waals surface area contributed by atoms with E-state index in [0.717, 1.165) is 17.1 Å². The average Bonchev–Trinajstić information content (AvgIpc) is 2.54. The van der Waals surface area contributed by atoms with Gasteiger partial charge in [-0.3, -0.25) is 0 Å². The summed E-state index contributed by atoms with van der Waals surface area (Å²) < 4.78 is 0. The number of rotatable bonds is 0. The van der Waals surface area contributed by atoms with Crippen molar-refractivity contribution in [2.45, 2.75) is 56.1 Å². The van der Waals surface area contributed by atoms with Gasteiger partial charge in [0, 0.05) is 10.1 Å². The van der Waals surface area contributed by atoms with Crippen molar-refractivity contribution in [3.63, 3.8) is 0 Å². The summed E-state index contributed by atoms with van der Waals surface area (Å²) in [6.07, 6.45) is 4.26. The van der Waals surface area contributed by atoms with E-state index in [1.165, 1.54) is 30.4 Å². The summed E-state index contributed by atoms with van der Waals surface area (Å²) in [6.45, 7) is 6.93. The quantitative estimate of drug-likeness (QED) is 0.626. The Kier molecular flexibility index (Phi) is 2.54. The molecule has 0 N–H and O–H groups in total. The van der Waals surface area contributed by atoms with Crippen LogP contribution in [0.25, 0.3) is 0 Å². The monoisotopic (exact) mass is 232 g/mol. The number of thioether (sulfide) groups is 1. The van der Waals surface area contributed by atoms with Gasteiger partial charge in [0.2, 0.25) is 0 Å². The molecule has 1 aromatic rings. The Morgan fingerprint density at radius 1 is 1.19 bits per heavy atom. The highest BCUT2D eigenvalue weighted by Gasteiger charge is 2.37.